The van der Waals surface area contributed by atoms with Crippen LogP contribution in [-0.4, -0.2) is 92.4 Å². The van der Waals surface area contributed by atoms with Gasteiger partial charge < -0.3 is 19.8 Å². The maximum Gasteiger partial charge on any atom is 0.247 e. The van der Waals surface area contributed by atoms with Crippen LogP contribution in [0.5, 0.6) is 0 Å². The van der Waals surface area contributed by atoms with E-state index in [9.17, 15) is 19.5 Å². The van der Waals surface area contributed by atoms with Crippen molar-refractivity contribution < 1.29 is 19.5 Å². The van der Waals surface area contributed by atoms with Crippen molar-refractivity contribution >= 4 is 29.5 Å². The van der Waals surface area contributed by atoms with E-state index in [1.165, 1.54) is 0 Å². The molecule has 3 aliphatic heterocycles. The van der Waals surface area contributed by atoms with Gasteiger partial charge in [-0.05, 0) is 51.9 Å². The average Bonchev–Trinajstić information content (AvgIpc) is 3.44. The first kappa shape index (κ1) is 29.8. The second-order valence-electron chi connectivity index (χ2n) is 11.0. The largest absolute Gasteiger partial charge is 0.396 e. The number of likely N-dealkylation sites (tertiary alicyclic amines) is 1. The fourth-order valence-corrected chi connectivity index (χ4v) is 9.12. The molecule has 0 saturated carbocycles. The summed E-state index contributed by atoms with van der Waals surface area (Å²) in [4.78, 5) is 48.0. The zero-order valence-corrected chi connectivity index (χ0v) is 23.9. The number of amides is 3. The molecule has 0 aromatic rings. The van der Waals surface area contributed by atoms with Gasteiger partial charge in [0.25, 0.3) is 0 Å². The van der Waals surface area contributed by atoms with Crippen LogP contribution in [0.25, 0.3) is 0 Å². The minimum Gasteiger partial charge on any atom is -0.396 e. The molecule has 7 nitrogen and oxygen atoms in total. The van der Waals surface area contributed by atoms with Crippen molar-refractivity contribution in [2.75, 3.05) is 39.3 Å². The topological polar surface area (TPSA) is 81.2 Å². The molecule has 37 heavy (non-hydrogen) atoms. The molecule has 1 spiro atoms. The number of carbonyl (C=O) groups is 3. The fraction of sp³-hybridized carbons (Fsp3) is 0.759. The lowest BCUT2D eigenvalue weighted by atomic mass is 9.66. The summed E-state index contributed by atoms with van der Waals surface area (Å²) in [6.45, 7) is 16.8. The highest BCUT2D eigenvalue weighted by atomic mass is 32.2. The molecule has 2 unspecified atom stereocenters. The smallest absolute Gasteiger partial charge is 0.247 e. The van der Waals surface area contributed by atoms with Gasteiger partial charge in [-0.3, -0.25) is 14.4 Å². The second-order valence-corrected chi connectivity index (χ2v) is 12.9. The molecule has 3 amide bonds. The second kappa shape index (κ2) is 12.8. The fourth-order valence-electron chi connectivity index (χ4n) is 6.78. The molecule has 8 heteroatoms. The summed E-state index contributed by atoms with van der Waals surface area (Å²) >= 11 is 1.74. The minimum absolute atomic E-state index is 0.00675. The number of fused-ring (bicyclic) bond motifs is 1. The first-order chi connectivity index (χ1) is 17.8. The Balaban J connectivity index is 2.02. The van der Waals surface area contributed by atoms with Crippen LogP contribution >= 0.6 is 11.8 Å². The summed E-state index contributed by atoms with van der Waals surface area (Å²) in [6, 6.07) is -0.570. The molecule has 3 fully saturated rings. The molecule has 3 rings (SSSR count). The van der Waals surface area contributed by atoms with E-state index < -0.39 is 22.6 Å². The van der Waals surface area contributed by atoms with Crippen molar-refractivity contribution in [3.05, 3.63) is 25.3 Å². The lowest BCUT2D eigenvalue weighted by Gasteiger charge is -2.38. The van der Waals surface area contributed by atoms with Crippen LogP contribution < -0.4 is 0 Å². The number of hydrogen-bond acceptors (Lipinski definition) is 5. The SMILES string of the molecule is C=CCN(CCCC)C(=O)C1N(CCCCCO)C(=O)[C@@H]2[C@@H](C(=O)N(CC=C)CCC)[C@@]3(C)CCC12S3. The highest BCUT2D eigenvalue weighted by molar-refractivity contribution is 8.02. The van der Waals surface area contributed by atoms with Gasteiger partial charge in [0, 0.05) is 44.1 Å². The summed E-state index contributed by atoms with van der Waals surface area (Å²) in [7, 11) is 0. The standard InChI is InChI=1S/C29H47N3O4S/c1-6-10-19-31(18-9-4)27(36)24-29-15-14-28(5,37-29)22(25(34)30(16-7-2)17-8-3)23(29)26(35)32(24)20-12-11-13-21-33/h7,9,22-24,33H,2,4,6,8,10-21H2,1,3,5H3/t22-,23-,24?,28+,29?/m0/s1. The molecular weight excluding hydrogens is 486 g/mol. The first-order valence-corrected chi connectivity index (χ1v) is 15.0. The van der Waals surface area contributed by atoms with E-state index in [0.29, 0.717) is 39.1 Å². The summed E-state index contributed by atoms with van der Waals surface area (Å²) in [5.74, 6) is -0.949. The molecule has 3 heterocycles. The lowest BCUT2D eigenvalue weighted by molar-refractivity contribution is -0.145. The highest BCUT2D eigenvalue weighted by Gasteiger charge is 2.77. The monoisotopic (exact) mass is 533 g/mol. The Morgan fingerprint density at radius 1 is 1.03 bits per heavy atom. The van der Waals surface area contributed by atoms with Crippen LogP contribution in [0.15, 0.2) is 25.3 Å². The highest BCUT2D eigenvalue weighted by Crippen LogP contribution is 2.71. The van der Waals surface area contributed by atoms with Gasteiger partial charge in [0.05, 0.1) is 16.6 Å². The van der Waals surface area contributed by atoms with Crippen molar-refractivity contribution in [3.8, 4) is 0 Å². The summed E-state index contributed by atoms with van der Waals surface area (Å²) in [5.41, 5.74) is 0. The number of thioether (sulfide) groups is 1. The number of hydrogen-bond donors (Lipinski definition) is 1. The van der Waals surface area contributed by atoms with E-state index in [2.05, 4.69) is 33.9 Å². The number of unbranched alkanes of at least 4 members (excludes halogenated alkanes) is 3. The quantitative estimate of drug-likeness (QED) is 0.241. The van der Waals surface area contributed by atoms with Gasteiger partial charge in [0.2, 0.25) is 17.7 Å². The molecule has 0 aromatic carbocycles. The average molecular weight is 534 g/mol. The van der Waals surface area contributed by atoms with Crippen LogP contribution in [0.3, 0.4) is 0 Å². The Hall–Kier alpha value is -1.80. The maximum atomic E-state index is 14.3. The van der Waals surface area contributed by atoms with Crippen LogP contribution in [0.1, 0.15) is 72.1 Å². The van der Waals surface area contributed by atoms with E-state index >= 15 is 0 Å². The molecule has 1 N–H and O–H groups in total. The number of carbonyl (C=O) groups excluding carboxylic acids is 3. The van der Waals surface area contributed by atoms with Crippen molar-refractivity contribution in [3.63, 3.8) is 0 Å². The lowest BCUT2D eigenvalue weighted by Crippen LogP contribution is -2.55. The Kier molecular flexibility index (Phi) is 10.3. The third kappa shape index (κ3) is 5.51. The molecule has 2 bridgehead atoms. The zero-order valence-electron chi connectivity index (χ0n) is 23.1. The van der Waals surface area contributed by atoms with E-state index in [4.69, 9.17) is 0 Å². The first-order valence-electron chi connectivity index (χ1n) is 14.2. The van der Waals surface area contributed by atoms with E-state index in [1.807, 2.05) is 14.7 Å². The van der Waals surface area contributed by atoms with Crippen molar-refractivity contribution in [2.24, 2.45) is 11.8 Å². The number of nitrogens with zero attached hydrogens (tertiary/aromatic N) is 3. The third-order valence-corrected chi connectivity index (χ3v) is 10.4. The third-order valence-electron chi connectivity index (χ3n) is 8.43. The number of aliphatic hydroxyl groups excluding tert-OH is 1. The Morgan fingerprint density at radius 2 is 1.70 bits per heavy atom. The Bertz CT molecular complexity index is 866. The van der Waals surface area contributed by atoms with Crippen LogP contribution in [0.2, 0.25) is 0 Å². The molecule has 5 atom stereocenters. The van der Waals surface area contributed by atoms with Gasteiger partial charge in [0.1, 0.15) is 6.04 Å². The van der Waals surface area contributed by atoms with E-state index in [0.717, 1.165) is 44.9 Å². The van der Waals surface area contributed by atoms with E-state index in [1.54, 1.807) is 23.9 Å². The minimum atomic E-state index is -0.585. The summed E-state index contributed by atoms with van der Waals surface area (Å²) in [6.07, 6.45) is 10.0. The van der Waals surface area contributed by atoms with Crippen molar-refractivity contribution in [1.29, 1.82) is 0 Å². The van der Waals surface area contributed by atoms with Crippen LogP contribution in [0.4, 0.5) is 0 Å². The molecule has 208 valence electrons. The van der Waals surface area contributed by atoms with Crippen molar-refractivity contribution in [1.82, 2.24) is 14.7 Å². The molecule has 3 aliphatic rings. The van der Waals surface area contributed by atoms with Gasteiger partial charge >= 0.3 is 0 Å². The van der Waals surface area contributed by atoms with Gasteiger partial charge in [-0.15, -0.1) is 24.9 Å². The zero-order chi connectivity index (χ0) is 27.2. The predicted octanol–water partition coefficient (Wildman–Crippen LogP) is 3.87. The molecule has 3 saturated heterocycles. The van der Waals surface area contributed by atoms with Crippen LogP contribution in [0, 0.1) is 11.8 Å². The van der Waals surface area contributed by atoms with Gasteiger partial charge in [0.15, 0.2) is 0 Å². The van der Waals surface area contributed by atoms with Crippen molar-refractivity contribution in [2.45, 2.75) is 87.7 Å². The van der Waals surface area contributed by atoms with Gasteiger partial charge in [-0.1, -0.05) is 32.4 Å². The Morgan fingerprint density at radius 3 is 2.30 bits per heavy atom. The molecule has 0 radical (unpaired) electrons. The predicted molar refractivity (Wildman–Crippen MR) is 150 cm³/mol. The number of rotatable bonds is 16. The number of aliphatic hydroxyl groups is 1. The van der Waals surface area contributed by atoms with E-state index in [-0.39, 0.29) is 29.1 Å². The van der Waals surface area contributed by atoms with Gasteiger partial charge in [-0.2, -0.15) is 0 Å². The summed E-state index contributed by atoms with van der Waals surface area (Å²) < 4.78 is -0.948. The normalized spacial score (nSPS) is 29.9. The molecule has 0 aromatic heterocycles. The molecule has 0 aliphatic carbocycles. The van der Waals surface area contributed by atoms with Crippen LogP contribution in [-0.2, 0) is 14.4 Å². The van der Waals surface area contributed by atoms with Gasteiger partial charge in [-0.25, -0.2) is 0 Å². The maximum absolute atomic E-state index is 14.3. The molecular formula is C29H47N3O4S. The summed E-state index contributed by atoms with van der Waals surface area (Å²) in [5, 5.41) is 9.24. The Labute approximate surface area is 227 Å².